The summed E-state index contributed by atoms with van der Waals surface area (Å²) < 4.78 is 9.58. The Labute approximate surface area is 93.5 Å². The number of rotatable bonds is 4. The SMILES string of the molecule is CCOC(=O)C1=NO[C@@](C)(C(=O)OCC)C1. The standard InChI is InChI=1S/C10H15NO5/c1-4-14-8(12)7-6-10(3,16-11-7)9(13)15-5-2/h4-6H2,1-3H3/t10-/m1/s1. The molecule has 0 fully saturated rings. The van der Waals surface area contributed by atoms with Gasteiger partial charge in [-0.05, 0) is 20.8 Å². The van der Waals surface area contributed by atoms with E-state index in [1.807, 2.05) is 0 Å². The number of carbonyl (C=O) groups is 2. The zero-order valence-electron chi connectivity index (χ0n) is 9.61. The van der Waals surface area contributed by atoms with Crippen molar-refractivity contribution in [1.29, 1.82) is 0 Å². The molecular weight excluding hydrogens is 214 g/mol. The highest BCUT2D eigenvalue weighted by molar-refractivity contribution is 6.37. The highest BCUT2D eigenvalue weighted by atomic mass is 16.7. The summed E-state index contributed by atoms with van der Waals surface area (Å²) in [4.78, 5) is 27.8. The Morgan fingerprint density at radius 3 is 2.56 bits per heavy atom. The third kappa shape index (κ3) is 2.50. The van der Waals surface area contributed by atoms with Gasteiger partial charge in [0.2, 0.25) is 5.60 Å². The molecule has 16 heavy (non-hydrogen) atoms. The van der Waals surface area contributed by atoms with Gasteiger partial charge in [0.05, 0.1) is 19.6 Å². The van der Waals surface area contributed by atoms with Crippen molar-refractivity contribution in [2.75, 3.05) is 13.2 Å². The van der Waals surface area contributed by atoms with Crippen LogP contribution in [0.5, 0.6) is 0 Å². The van der Waals surface area contributed by atoms with Crippen molar-refractivity contribution in [2.24, 2.45) is 5.16 Å². The van der Waals surface area contributed by atoms with Crippen LogP contribution in [0.3, 0.4) is 0 Å². The molecule has 1 heterocycles. The van der Waals surface area contributed by atoms with E-state index in [0.29, 0.717) is 0 Å². The van der Waals surface area contributed by atoms with E-state index in [1.165, 1.54) is 6.92 Å². The first-order valence-corrected chi connectivity index (χ1v) is 5.13. The van der Waals surface area contributed by atoms with Crippen LogP contribution in [0.1, 0.15) is 27.2 Å². The second kappa shape index (κ2) is 4.96. The first kappa shape index (κ1) is 12.5. The molecular formula is C10H15NO5. The molecule has 0 saturated heterocycles. The number of hydrogen-bond acceptors (Lipinski definition) is 6. The zero-order valence-corrected chi connectivity index (χ0v) is 9.61. The second-order valence-corrected chi connectivity index (χ2v) is 3.48. The zero-order chi connectivity index (χ0) is 12.2. The molecule has 1 aliphatic heterocycles. The van der Waals surface area contributed by atoms with Gasteiger partial charge in [-0.2, -0.15) is 0 Å². The molecule has 0 N–H and O–H groups in total. The van der Waals surface area contributed by atoms with Crippen LogP contribution in [0.25, 0.3) is 0 Å². The smallest absolute Gasteiger partial charge is 0.356 e. The number of nitrogens with zero attached hydrogens (tertiary/aromatic N) is 1. The van der Waals surface area contributed by atoms with Gasteiger partial charge in [-0.1, -0.05) is 5.16 Å². The van der Waals surface area contributed by atoms with Crippen LogP contribution < -0.4 is 0 Å². The number of hydrogen-bond donors (Lipinski definition) is 0. The molecule has 0 aromatic carbocycles. The number of carbonyl (C=O) groups excluding carboxylic acids is 2. The molecule has 6 nitrogen and oxygen atoms in total. The Bertz CT molecular complexity index is 325. The Kier molecular flexibility index (Phi) is 3.87. The molecule has 90 valence electrons. The number of esters is 2. The molecule has 1 atom stereocenters. The lowest BCUT2D eigenvalue weighted by atomic mass is 10.0. The first-order valence-electron chi connectivity index (χ1n) is 5.13. The van der Waals surface area contributed by atoms with Gasteiger partial charge in [-0.25, -0.2) is 9.59 Å². The molecule has 0 aliphatic carbocycles. The number of oxime groups is 1. The van der Waals surface area contributed by atoms with Gasteiger partial charge >= 0.3 is 11.9 Å². The minimum absolute atomic E-state index is 0.0741. The van der Waals surface area contributed by atoms with Gasteiger partial charge in [0.15, 0.2) is 5.71 Å². The molecule has 0 spiro atoms. The van der Waals surface area contributed by atoms with Gasteiger partial charge in [-0.15, -0.1) is 0 Å². The van der Waals surface area contributed by atoms with Gasteiger partial charge < -0.3 is 14.3 Å². The largest absolute Gasteiger partial charge is 0.463 e. The van der Waals surface area contributed by atoms with Crippen LogP contribution in [-0.2, 0) is 23.9 Å². The molecule has 0 unspecified atom stereocenters. The van der Waals surface area contributed by atoms with Crippen LogP contribution in [0.15, 0.2) is 5.16 Å². The molecule has 0 amide bonds. The van der Waals surface area contributed by atoms with Crippen LogP contribution in [0, 0.1) is 0 Å². The van der Waals surface area contributed by atoms with Crippen molar-refractivity contribution < 1.29 is 23.9 Å². The minimum Gasteiger partial charge on any atom is -0.463 e. The second-order valence-electron chi connectivity index (χ2n) is 3.48. The van der Waals surface area contributed by atoms with E-state index >= 15 is 0 Å². The molecule has 0 bridgehead atoms. The van der Waals surface area contributed by atoms with E-state index < -0.39 is 17.5 Å². The fraction of sp³-hybridized carbons (Fsp3) is 0.700. The van der Waals surface area contributed by atoms with Gasteiger partial charge in [0.1, 0.15) is 0 Å². The van der Waals surface area contributed by atoms with E-state index in [9.17, 15) is 9.59 Å². The minimum atomic E-state index is -1.21. The number of ether oxygens (including phenoxy) is 2. The van der Waals surface area contributed by atoms with Gasteiger partial charge in [0.25, 0.3) is 0 Å². The van der Waals surface area contributed by atoms with E-state index in [1.54, 1.807) is 13.8 Å². The predicted molar refractivity (Wildman–Crippen MR) is 54.8 cm³/mol. The summed E-state index contributed by atoms with van der Waals surface area (Å²) in [5, 5.41) is 3.55. The van der Waals surface area contributed by atoms with Crippen molar-refractivity contribution in [3.05, 3.63) is 0 Å². The Hall–Kier alpha value is -1.59. The summed E-state index contributed by atoms with van der Waals surface area (Å²) in [5.41, 5.74) is -1.10. The van der Waals surface area contributed by atoms with Crippen LogP contribution in [0.2, 0.25) is 0 Å². The molecule has 1 aliphatic rings. The predicted octanol–water partition coefficient (Wildman–Crippen LogP) is 0.648. The van der Waals surface area contributed by atoms with Crippen molar-refractivity contribution in [3.63, 3.8) is 0 Å². The van der Waals surface area contributed by atoms with Crippen LogP contribution in [0.4, 0.5) is 0 Å². The molecule has 6 heteroatoms. The van der Waals surface area contributed by atoms with Crippen molar-refractivity contribution >= 4 is 17.7 Å². The van der Waals surface area contributed by atoms with E-state index in [4.69, 9.17) is 14.3 Å². The van der Waals surface area contributed by atoms with Gasteiger partial charge in [0, 0.05) is 0 Å². The fourth-order valence-corrected chi connectivity index (χ4v) is 1.26. The molecule has 0 aromatic rings. The highest BCUT2D eigenvalue weighted by Gasteiger charge is 2.45. The Morgan fingerprint density at radius 1 is 1.38 bits per heavy atom. The van der Waals surface area contributed by atoms with E-state index in [0.717, 1.165) is 0 Å². The quantitative estimate of drug-likeness (QED) is 0.661. The third-order valence-corrected chi connectivity index (χ3v) is 2.08. The Balaban J connectivity index is 2.61. The maximum Gasteiger partial charge on any atom is 0.356 e. The Morgan fingerprint density at radius 2 is 2.00 bits per heavy atom. The highest BCUT2D eigenvalue weighted by Crippen LogP contribution is 2.25. The third-order valence-electron chi connectivity index (χ3n) is 2.08. The summed E-state index contributed by atoms with van der Waals surface area (Å²) in [6, 6.07) is 0. The first-order chi connectivity index (χ1) is 7.53. The summed E-state index contributed by atoms with van der Waals surface area (Å²) >= 11 is 0. The van der Waals surface area contributed by atoms with Crippen molar-refractivity contribution in [3.8, 4) is 0 Å². The van der Waals surface area contributed by atoms with Crippen molar-refractivity contribution in [1.82, 2.24) is 0 Å². The summed E-state index contributed by atoms with van der Waals surface area (Å²) in [5.74, 6) is -1.09. The normalized spacial score (nSPS) is 23.3. The van der Waals surface area contributed by atoms with Crippen molar-refractivity contribution in [2.45, 2.75) is 32.8 Å². The van der Waals surface area contributed by atoms with E-state index in [-0.39, 0.29) is 25.3 Å². The molecule has 0 saturated carbocycles. The average Bonchev–Trinajstić information content (AvgIpc) is 2.63. The maximum absolute atomic E-state index is 11.5. The summed E-state index contributed by atoms with van der Waals surface area (Å²) in [6.45, 7) is 5.43. The summed E-state index contributed by atoms with van der Waals surface area (Å²) in [7, 11) is 0. The fourth-order valence-electron chi connectivity index (χ4n) is 1.26. The topological polar surface area (TPSA) is 74.2 Å². The van der Waals surface area contributed by atoms with E-state index in [2.05, 4.69) is 5.16 Å². The lowest BCUT2D eigenvalue weighted by molar-refractivity contribution is -0.166. The average molecular weight is 229 g/mol. The maximum atomic E-state index is 11.5. The van der Waals surface area contributed by atoms with Crippen LogP contribution >= 0.6 is 0 Å². The monoisotopic (exact) mass is 229 g/mol. The lowest BCUT2D eigenvalue weighted by Crippen LogP contribution is -2.38. The lowest BCUT2D eigenvalue weighted by Gasteiger charge is -2.18. The molecule has 0 aromatic heterocycles. The summed E-state index contributed by atoms with van der Waals surface area (Å²) in [6.07, 6.45) is 0.0741. The molecule has 1 rings (SSSR count). The van der Waals surface area contributed by atoms with Gasteiger partial charge in [-0.3, -0.25) is 0 Å². The molecule has 0 radical (unpaired) electrons. The van der Waals surface area contributed by atoms with Crippen LogP contribution in [-0.4, -0.2) is 36.5 Å².